The maximum atomic E-state index is 8.73. The van der Waals surface area contributed by atoms with E-state index in [4.69, 9.17) is 23.2 Å². The van der Waals surface area contributed by atoms with Crippen LogP contribution in [0.5, 0.6) is 0 Å². The smallest absolute Gasteiger partial charge is 0.121 e. The predicted octanol–water partition coefficient (Wildman–Crippen LogP) is 1.58. The number of benzene rings is 1. The summed E-state index contributed by atoms with van der Waals surface area (Å²) in [4.78, 5) is 0.226. The first-order chi connectivity index (χ1) is 5.75. The van der Waals surface area contributed by atoms with Crippen molar-refractivity contribution in [2.75, 3.05) is 0 Å². The van der Waals surface area contributed by atoms with Crippen molar-refractivity contribution >= 4 is 17.2 Å². The molecule has 0 aliphatic carbocycles. The fourth-order valence-corrected chi connectivity index (χ4v) is 1.14. The molecule has 1 atom stereocenters. The number of nitrogens with two attached hydrogens (primary N) is 1. The van der Waals surface area contributed by atoms with Crippen molar-refractivity contribution in [1.29, 1.82) is 5.26 Å². The number of hydrogen-bond donors (Lipinski definition) is 1. The lowest BCUT2D eigenvalue weighted by Crippen LogP contribution is -2.17. The van der Waals surface area contributed by atoms with Gasteiger partial charge >= 0.3 is 0 Å². The molecule has 0 bridgehead atoms. The lowest BCUT2D eigenvalue weighted by molar-refractivity contribution is 1.15. The number of nitriles is 1. The van der Waals surface area contributed by atoms with Gasteiger partial charge in [0.2, 0.25) is 0 Å². The van der Waals surface area contributed by atoms with Crippen LogP contribution in [0, 0.1) is 11.3 Å². The summed E-state index contributed by atoms with van der Waals surface area (Å²) in [6, 6.07) is 11.3. The molecule has 0 heterocycles. The highest BCUT2D eigenvalue weighted by molar-refractivity contribution is 7.80. The molecule has 0 saturated carbocycles. The largest absolute Gasteiger partial charge is 0.392 e. The van der Waals surface area contributed by atoms with Crippen molar-refractivity contribution in [3.63, 3.8) is 0 Å². The monoisotopic (exact) mass is 176 g/mol. The van der Waals surface area contributed by atoms with Gasteiger partial charge in [0.1, 0.15) is 5.92 Å². The van der Waals surface area contributed by atoms with Gasteiger partial charge in [-0.05, 0) is 5.56 Å². The molecule has 60 valence electrons. The summed E-state index contributed by atoms with van der Waals surface area (Å²) < 4.78 is 0. The molecule has 2 N–H and O–H groups in total. The first-order valence-corrected chi connectivity index (χ1v) is 3.90. The molecule has 1 aromatic carbocycles. The topological polar surface area (TPSA) is 49.8 Å². The highest BCUT2D eigenvalue weighted by Crippen LogP contribution is 2.13. The molecule has 0 spiro atoms. The fourth-order valence-electron chi connectivity index (χ4n) is 0.948. The zero-order chi connectivity index (χ0) is 8.97. The number of nitrogens with zero attached hydrogens (tertiary/aromatic N) is 1. The molecule has 0 amide bonds. The molecule has 1 rings (SSSR count). The Balaban J connectivity index is 2.98. The second-order valence-electron chi connectivity index (χ2n) is 2.38. The summed E-state index contributed by atoms with van der Waals surface area (Å²) >= 11 is 4.75. The maximum Gasteiger partial charge on any atom is 0.121 e. The van der Waals surface area contributed by atoms with E-state index in [1.807, 2.05) is 30.3 Å². The minimum atomic E-state index is -0.457. The molecule has 12 heavy (non-hydrogen) atoms. The van der Waals surface area contributed by atoms with Crippen molar-refractivity contribution in [1.82, 2.24) is 0 Å². The summed E-state index contributed by atoms with van der Waals surface area (Å²) in [5, 5.41) is 8.73. The average molecular weight is 176 g/mol. The van der Waals surface area contributed by atoms with E-state index >= 15 is 0 Å². The predicted molar refractivity (Wildman–Crippen MR) is 51.6 cm³/mol. The molecule has 1 aromatic rings. The molecule has 1 unspecified atom stereocenters. The van der Waals surface area contributed by atoms with Gasteiger partial charge in [-0.2, -0.15) is 5.26 Å². The lowest BCUT2D eigenvalue weighted by Gasteiger charge is -2.05. The Kier molecular flexibility index (Phi) is 2.78. The normalized spacial score (nSPS) is 11.6. The maximum absolute atomic E-state index is 8.73. The average Bonchev–Trinajstić information content (AvgIpc) is 2.07. The second-order valence-corrected chi connectivity index (χ2v) is 2.85. The molecule has 3 heteroatoms. The third-order valence-corrected chi connectivity index (χ3v) is 1.78. The van der Waals surface area contributed by atoms with Gasteiger partial charge in [-0.15, -0.1) is 0 Å². The van der Waals surface area contributed by atoms with E-state index < -0.39 is 5.92 Å². The fraction of sp³-hybridized carbons (Fsp3) is 0.111. The Hall–Kier alpha value is -1.40. The van der Waals surface area contributed by atoms with Crippen LogP contribution in [0.4, 0.5) is 0 Å². The van der Waals surface area contributed by atoms with Crippen LogP contribution in [-0.4, -0.2) is 4.99 Å². The van der Waals surface area contributed by atoms with Crippen molar-refractivity contribution in [2.24, 2.45) is 5.73 Å². The van der Waals surface area contributed by atoms with Gasteiger partial charge in [-0.1, -0.05) is 42.5 Å². The van der Waals surface area contributed by atoms with Crippen molar-refractivity contribution < 1.29 is 0 Å². The van der Waals surface area contributed by atoms with Crippen LogP contribution in [-0.2, 0) is 0 Å². The minimum Gasteiger partial charge on any atom is -0.392 e. The first kappa shape index (κ1) is 8.69. The summed E-state index contributed by atoms with van der Waals surface area (Å²) in [6.07, 6.45) is 0. The highest BCUT2D eigenvalue weighted by Gasteiger charge is 2.11. The summed E-state index contributed by atoms with van der Waals surface area (Å²) in [7, 11) is 0. The van der Waals surface area contributed by atoms with E-state index in [-0.39, 0.29) is 4.99 Å². The molecular formula is C9H8N2S. The van der Waals surface area contributed by atoms with E-state index in [9.17, 15) is 0 Å². The van der Waals surface area contributed by atoms with Crippen molar-refractivity contribution in [2.45, 2.75) is 5.92 Å². The highest BCUT2D eigenvalue weighted by atomic mass is 32.1. The van der Waals surface area contributed by atoms with E-state index in [1.54, 1.807) is 0 Å². The van der Waals surface area contributed by atoms with E-state index in [0.29, 0.717) is 0 Å². The van der Waals surface area contributed by atoms with Crippen molar-refractivity contribution in [3.8, 4) is 6.07 Å². The quantitative estimate of drug-likeness (QED) is 0.696. The molecule has 0 aliphatic heterocycles. The Morgan fingerprint density at radius 2 is 2.00 bits per heavy atom. The SMILES string of the molecule is N#CC(C(N)=S)c1ccccc1. The van der Waals surface area contributed by atoms with Crippen molar-refractivity contribution in [3.05, 3.63) is 35.9 Å². The third kappa shape index (κ3) is 1.80. The van der Waals surface area contributed by atoms with Gasteiger partial charge in [0.25, 0.3) is 0 Å². The molecule has 0 aliphatic rings. The van der Waals surface area contributed by atoms with Gasteiger partial charge in [0.15, 0.2) is 0 Å². The van der Waals surface area contributed by atoms with E-state index in [0.717, 1.165) is 5.56 Å². The van der Waals surface area contributed by atoms with E-state index in [2.05, 4.69) is 6.07 Å². The zero-order valence-electron chi connectivity index (χ0n) is 6.40. The van der Waals surface area contributed by atoms with Gasteiger partial charge < -0.3 is 5.73 Å². The Bertz CT molecular complexity index is 313. The Morgan fingerprint density at radius 3 is 2.42 bits per heavy atom. The van der Waals surface area contributed by atoms with Crippen LogP contribution in [0.3, 0.4) is 0 Å². The summed E-state index contributed by atoms with van der Waals surface area (Å²) in [5.41, 5.74) is 6.24. The molecule has 0 saturated heterocycles. The summed E-state index contributed by atoms with van der Waals surface area (Å²) in [6.45, 7) is 0. The van der Waals surface area contributed by atoms with Crippen LogP contribution in [0.2, 0.25) is 0 Å². The van der Waals surface area contributed by atoms with Crippen LogP contribution in [0.15, 0.2) is 30.3 Å². The van der Waals surface area contributed by atoms with Crippen LogP contribution in [0.1, 0.15) is 11.5 Å². The third-order valence-electron chi connectivity index (χ3n) is 1.55. The Labute approximate surface area is 76.6 Å². The van der Waals surface area contributed by atoms with Gasteiger partial charge in [0.05, 0.1) is 11.1 Å². The molecule has 0 radical (unpaired) electrons. The standard InChI is InChI=1S/C9H8N2S/c10-6-8(9(11)12)7-4-2-1-3-5-7/h1-5,8H,(H2,11,12). The van der Waals surface area contributed by atoms with Gasteiger partial charge in [-0.3, -0.25) is 0 Å². The second kappa shape index (κ2) is 3.84. The molecule has 0 fully saturated rings. The van der Waals surface area contributed by atoms with Gasteiger partial charge in [-0.25, -0.2) is 0 Å². The lowest BCUT2D eigenvalue weighted by atomic mass is 10.0. The molecule has 0 aromatic heterocycles. The number of hydrogen-bond acceptors (Lipinski definition) is 2. The number of rotatable bonds is 2. The van der Waals surface area contributed by atoms with E-state index in [1.165, 1.54) is 0 Å². The molecule has 2 nitrogen and oxygen atoms in total. The van der Waals surface area contributed by atoms with Crippen LogP contribution < -0.4 is 5.73 Å². The van der Waals surface area contributed by atoms with Gasteiger partial charge in [0, 0.05) is 0 Å². The molecular weight excluding hydrogens is 168 g/mol. The number of thiocarbonyl (C=S) groups is 1. The minimum absolute atomic E-state index is 0.226. The Morgan fingerprint density at radius 1 is 1.42 bits per heavy atom. The first-order valence-electron chi connectivity index (χ1n) is 3.49. The van der Waals surface area contributed by atoms with Crippen LogP contribution in [0.25, 0.3) is 0 Å². The van der Waals surface area contributed by atoms with Crippen LogP contribution >= 0.6 is 12.2 Å². The zero-order valence-corrected chi connectivity index (χ0v) is 7.21. The summed E-state index contributed by atoms with van der Waals surface area (Å²) in [5.74, 6) is -0.457.